The Morgan fingerprint density at radius 1 is 0.550 bits per heavy atom. The molecule has 2 rings (SSSR count). The topological polar surface area (TPSA) is 6.48 Å². The molecule has 0 N–H and O–H groups in total. The third-order valence-electron chi connectivity index (χ3n) is 3.10. The molecule has 2 aromatic carbocycles. The van der Waals surface area contributed by atoms with Crippen LogP contribution in [0.4, 0.5) is 11.4 Å². The molecule has 0 aromatic heterocycles. The van der Waals surface area contributed by atoms with Crippen molar-refractivity contribution in [2.24, 2.45) is 0 Å². The molecule has 4 heteroatoms. The Balaban J connectivity index is 0.00000180. The largest absolute Gasteiger partial charge is 1.00 e. The molecule has 2 nitrogen and oxygen atoms in total. The summed E-state index contributed by atoms with van der Waals surface area (Å²) in [6, 6.07) is 17.3. The Labute approximate surface area is 182 Å². The maximum atomic E-state index is 2.17. The fourth-order valence-electron chi connectivity index (χ4n) is 1.90. The summed E-state index contributed by atoms with van der Waals surface area (Å²) >= 11 is 0. The molecule has 0 saturated carbocycles. The molecule has 0 aliphatic carbocycles. The van der Waals surface area contributed by atoms with Crippen LogP contribution < -0.4 is 85.2 Å². The molecule has 0 aliphatic rings. The van der Waals surface area contributed by atoms with Crippen molar-refractivity contribution in [3.8, 4) is 11.1 Å². The summed E-state index contributed by atoms with van der Waals surface area (Å²) in [4.78, 5) is 4.22. The van der Waals surface area contributed by atoms with Gasteiger partial charge in [0.1, 0.15) is 0 Å². The van der Waals surface area contributed by atoms with E-state index in [4.69, 9.17) is 0 Å². The summed E-state index contributed by atoms with van der Waals surface area (Å²) < 4.78 is 0. The average molecular weight is 406 g/mol. The molecule has 0 radical (unpaired) electrons. The van der Waals surface area contributed by atoms with Gasteiger partial charge in [-0.15, -0.1) is 0 Å². The van der Waals surface area contributed by atoms with Gasteiger partial charge >= 0.3 is 51.4 Å². The monoisotopic (exact) mass is 406 g/mol. The van der Waals surface area contributed by atoms with Crippen molar-refractivity contribution >= 4 is 11.4 Å². The number of rotatable bonds is 3. The van der Waals surface area contributed by atoms with E-state index in [0.717, 1.165) is 0 Å². The Morgan fingerprint density at radius 3 is 1.00 bits per heavy atom. The summed E-state index contributed by atoms with van der Waals surface area (Å²) in [5, 5.41) is 0. The summed E-state index contributed by atoms with van der Waals surface area (Å²) in [6.45, 7) is 0. The third kappa shape index (κ3) is 5.31. The Hall–Kier alpha value is 0.406. The van der Waals surface area contributed by atoms with Gasteiger partial charge in [-0.1, -0.05) is 24.3 Å². The Bertz CT molecular complexity index is 458. The van der Waals surface area contributed by atoms with Crippen molar-refractivity contribution in [2.75, 3.05) is 38.0 Å². The van der Waals surface area contributed by atoms with Crippen LogP contribution in [0, 0.1) is 0 Å². The van der Waals surface area contributed by atoms with Gasteiger partial charge in [-0.3, -0.25) is 0 Å². The maximum absolute atomic E-state index is 2.17. The van der Waals surface area contributed by atoms with Crippen molar-refractivity contribution in [1.82, 2.24) is 0 Å². The second kappa shape index (κ2) is 9.43. The normalized spacial score (nSPS) is 9.20. The first-order valence-electron chi connectivity index (χ1n) is 6.13. The second-order valence-corrected chi connectivity index (χ2v) is 4.88. The first-order chi connectivity index (χ1) is 8.58. The molecule has 102 valence electrons. The molecule has 20 heavy (non-hydrogen) atoms. The minimum absolute atomic E-state index is 0. The van der Waals surface area contributed by atoms with Crippen LogP contribution in [0.5, 0.6) is 0 Å². The number of benzene rings is 2. The average Bonchev–Trinajstić information content (AvgIpc) is 2.39. The number of hydrogen-bond donors (Lipinski definition) is 0. The molecule has 2 aromatic rings. The van der Waals surface area contributed by atoms with Crippen LogP contribution in [0.3, 0.4) is 0 Å². The number of anilines is 2. The maximum Gasteiger partial charge on any atom is 1.00 e. The summed E-state index contributed by atoms with van der Waals surface area (Å²) in [6.07, 6.45) is 0. The zero-order valence-electron chi connectivity index (χ0n) is 12.9. The van der Waals surface area contributed by atoms with Crippen LogP contribution in [0.25, 0.3) is 11.1 Å². The van der Waals surface area contributed by atoms with Gasteiger partial charge in [0, 0.05) is 39.6 Å². The fraction of sp³-hybridized carbons (Fsp3) is 0.250. The van der Waals surface area contributed by atoms with Gasteiger partial charge in [-0.2, -0.15) is 0 Å². The molecule has 0 unspecified atom stereocenters. The van der Waals surface area contributed by atoms with Gasteiger partial charge < -0.3 is 33.8 Å². The molecule has 0 fully saturated rings. The van der Waals surface area contributed by atoms with E-state index in [2.05, 4.69) is 86.5 Å². The number of hydrogen-bond acceptors (Lipinski definition) is 2. The molecule has 0 heterocycles. The number of halogens is 1. The first-order valence-corrected chi connectivity index (χ1v) is 6.13. The van der Waals surface area contributed by atoms with E-state index in [9.17, 15) is 0 Å². The molecule has 0 aliphatic heterocycles. The van der Waals surface area contributed by atoms with Gasteiger partial charge in [-0.25, -0.2) is 0 Å². The predicted octanol–water partition coefficient (Wildman–Crippen LogP) is -2.51. The van der Waals surface area contributed by atoms with Crippen molar-refractivity contribution < 1.29 is 75.4 Å². The van der Waals surface area contributed by atoms with Crippen LogP contribution in [0.2, 0.25) is 0 Å². The van der Waals surface area contributed by atoms with E-state index < -0.39 is 0 Å². The zero-order chi connectivity index (χ0) is 13.1. The van der Waals surface area contributed by atoms with E-state index in [-0.39, 0.29) is 75.4 Å². The van der Waals surface area contributed by atoms with Gasteiger partial charge in [0.2, 0.25) is 0 Å². The Kier molecular flexibility index (Phi) is 9.62. The van der Waals surface area contributed by atoms with E-state index >= 15 is 0 Å². The minimum Gasteiger partial charge on any atom is -1.00 e. The number of nitrogens with zero attached hydrogens (tertiary/aromatic N) is 2. The van der Waals surface area contributed by atoms with Crippen LogP contribution in [-0.4, -0.2) is 28.2 Å². The molecule has 0 amide bonds. The fourth-order valence-corrected chi connectivity index (χ4v) is 1.90. The van der Waals surface area contributed by atoms with Gasteiger partial charge in [0.15, 0.2) is 0 Å². The third-order valence-corrected chi connectivity index (χ3v) is 3.10. The van der Waals surface area contributed by atoms with E-state index in [0.29, 0.717) is 0 Å². The van der Waals surface area contributed by atoms with E-state index in [1.165, 1.54) is 22.5 Å². The molecule has 0 bridgehead atoms. The second-order valence-electron chi connectivity index (χ2n) is 4.88. The minimum atomic E-state index is 0. The smallest absolute Gasteiger partial charge is 1.00 e. The first kappa shape index (κ1) is 20.4. The van der Waals surface area contributed by atoms with Crippen LogP contribution in [0.1, 0.15) is 0 Å². The Morgan fingerprint density at radius 2 is 0.800 bits per heavy atom. The van der Waals surface area contributed by atoms with Gasteiger partial charge in [0.25, 0.3) is 0 Å². The summed E-state index contributed by atoms with van der Waals surface area (Å²) in [7, 11) is 8.23. The SMILES string of the molecule is CN(C)c1ccc(-c2ccc(N(C)C)cc2)cc1.[I-].[K+]. The predicted molar refractivity (Wildman–Crippen MR) is 80.5 cm³/mol. The summed E-state index contributed by atoms with van der Waals surface area (Å²) in [5.41, 5.74) is 4.96. The van der Waals surface area contributed by atoms with Crippen LogP contribution in [0.15, 0.2) is 48.5 Å². The van der Waals surface area contributed by atoms with Crippen molar-refractivity contribution in [3.05, 3.63) is 48.5 Å². The van der Waals surface area contributed by atoms with Crippen molar-refractivity contribution in [2.45, 2.75) is 0 Å². The van der Waals surface area contributed by atoms with Crippen LogP contribution >= 0.6 is 0 Å². The van der Waals surface area contributed by atoms with E-state index in [1.807, 2.05) is 0 Å². The molecular formula is C16H20IKN2. The standard InChI is InChI=1S/C16H20N2.HI.K/c1-17(2)15-9-5-13(6-10-15)14-7-11-16(12-8-14)18(3)4;;/h5-12H,1-4H3;1H;/q;;+1/p-1. The van der Waals surface area contributed by atoms with Gasteiger partial charge in [-0.05, 0) is 35.4 Å². The van der Waals surface area contributed by atoms with Crippen molar-refractivity contribution in [1.29, 1.82) is 0 Å². The molecule has 0 saturated heterocycles. The molecule has 0 atom stereocenters. The zero-order valence-corrected chi connectivity index (χ0v) is 18.2. The van der Waals surface area contributed by atoms with Crippen molar-refractivity contribution in [3.63, 3.8) is 0 Å². The molecular weight excluding hydrogens is 386 g/mol. The molecule has 0 spiro atoms. The summed E-state index contributed by atoms with van der Waals surface area (Å²) in [5.74, 6) is 0. The quantitative estimate of drug-likeness (QED) is 0.411. The van der Waals surface area contributed by atoms with Gasteiger partial charge in [0.05, 0.1) is 0 Å². The van der Waals surface area contributed by atoms with Crippen LogP contribution in [-0.2, 0) is 0 Å². The van der Waals surface area contributed by atoms with E-state index in [1.54, 1.807) is 0 Å².